The van der Waals surface area contributed by atoms with E-state index >= 15 is 0 Å². The van der Waals surface area contributed by atoms with E-state index < -0.39 is 5.97 Å². The largest absolute Gasteiger partial charge is 0.461 e. The normalized spacial score (nSPS) is 11.5. The van der Waals surface area contributed by atoms with Crippen molar-refractivity contribution in [3.05, 3.63) is 70.1 Å². The zero-order chi connectivity index (χ0) is 21.2. The van der Waals surface area contributed by atoms with Crippen molar-refractivity contribution in [3.63, 3.8) is 0 Å². The van der Waals surface area contributed by atoms with E-state index in [0.29, 0.717) is 22.2 Å². The Hall–Kier alpha value is -2.30. The fraction of sp³-hybridized carbons (Fsp3) is 0.304. The summed E-state index contributed by atoms with van der Waals surface area (Å²) in [5.41, 5.74) is 2.49. The highest BCUT2D eigenvalue weighted by molar-refractivity contribution is 6.31. The summed E-state index contributed by atoms with van der Waals surface area (Å²) in [6.45, 7) is 8.45. The summed E-state index contributed by atoms with van der Waals surface area (Å²) in [6, 6.07) is 14.9. The van der Waals surface area contributed by atoms with E-state index in [0.717, 1.165) is 17.1 Å². The van der Waals surface area contributed by atoms with Gasteiger partial charge in [-0.3, -0.25) is 4.57 Å². The molecular formula is C23H24Cl2N2O2. The van der Waals surface area contributed by atoms with Gasteiger partial charge in [-0.05, 0) is 42.7 Å². The summed E-state index contributed by atoms with van der Waals surface area (Å²) in [5.74, 6) is 0.302. The summed E-state index contributed by atoms with van der Waals surface area (Å²) in [7, 11) is 0. The van der Waals surface area contributed by atoms with Crippen LogP contribution in [0.2, 0.25) is 10.0 Å². The number of imidazole rings is 1. The van der Waals surface area contributed by atoms with E-state index in [1.807, 2.05) is 47.0 Å². The van der Waals surface area contributed by atoms with E-state index in [-0.39, 0.29) is 17.7 Å². The number of carbonyl (C=O) groups excluding carboxylic acids is 1. The molecule has 0 fully saturated rings. The third-order valence-electron chi connectivity index (χ3n) is 4.27. The molecule has 1 aromatic heterocycles. The van der Waals surface area contributed by atoms with Crippen molar-refractivity contribution in [2.75, 3.05) is 6.61 Å². The molecule has 4 nitrogen and oxygen atoms in total. The van der Waals surface area contributed by atoms with Crippen LogP contribution in [0.3, 0.4) is 0 Å². The molecule has 1 heterocycles. The maximum Gasteiger partial charge on any atom is 0.359 e. The second-order valence-corrected chi connectivity index (χ2v) is 8.88. The Kier molecular flexibility index (Phi) is 6.35. The fourth-order valence-corrected chi connectivity index (χ4v) is 3.57. The quantitative estimate of drug-likeness (QED) is 0.427. The minimum atomic E-state index is -0.460. The molecule has 0 N–H and O–H groups in total. The number of hydrogen-bond donors (Lipinski definition) is 0. The molecule has 0 amide bonds. The van der Waals surface area contributed by atoms with Crippen LogP contribution >= 0.6 is 23.2 Å². The number of hydrogen-bond acceptors (Lipinski definition) is 3. The topological polar surface area (TPSA) is 44.1 Å². The van der Waals surface area contributed by atoms with E-state index in [2.05, 4.69) is 20.8 Å². The Labute approximate surface area is 181 Å². The SMILES string of the molecule is CCOC(=O)c1nc(CC(C)(C)C)n(-c2cccc(Cl)c2)c1-c1cccc(Cl)c1. The molecule has 0 aliphatic carbocycles. The van der Waals surface area contributed by atoms with Crippen LogP contribution < -0.4 is 0 Å². The lowest BCUT2D eigenvalue weighted by Gasteiger charge is -2.20. The van der Waals surface area contributed by atoms with Gasteiger partial charge in [0.2, 0.25) is 0 Å². The summed E-state index contributed by atoms with van der Waals surface area (Å²) in [6.07, 6.45) is 0.659. The second kappa shape index (κ2) is 8.60. The van der Waals surface area contributed by atoms with Gasteiger partial charge in [-0.15, -0.1) is 0 Å². The zero-order valence-corrected chi connectivity index (χ0v) is 18.5. The first-order valence-corrected chi connectivity index (χ1v) is 10.3. The predicted octanol–water partition coefficient (Wildman–Crippen LogP) is 6.61. The Morgan fingerprint density at radius 3 is 2.31 bits per heavy atom. The van der Waals surface area contributed by atoms with Gasteiger partial charge in [-0.1, -0.05) is 62.2 Å². The summed E-state index contributed by atoms with van der Waals surface area (Å²) in [4.78, 5) is 17.5. The number of ether oxygens (including phenoxy) is 1. The third kappa shape index (κ3) is 5.01. The summed E-state index contributed by atoms with van der Waals surface area (Å²) in [5, 5.41) is 1.18. The van der Waals surface area contributed by atoms with Gasteiger partial charge in [0.1, 0.15) is 5.82 Å². The number of benzene rings is 2. The molecule has 0 aliphatic rings. The molecule has 0 atom stereocenters. The Balaban J connectivity index is 2.36. The zero-order valence-electron chi connectivity index (χ0n) is 17.0. The summed E-state index contributed by atoms with van der Waals surface area (Å²) < 4.78 is 7.29. The molecule has 29 heavy (non-hydrogen) atoms. The molecular weight excluding hydrogens is 407 g/mol. The fourth-order valence-electron chi connectivity index (χ4n) is 3.20. The van der Waals surface area contributed by atoms with Gasteiger partial charge in [0, 0.05) is 27.7 Å². The van der Waals surface area contributed by atoms with Gasteiger partial charge in [0.25, 0.3) is 0 Å². The Morgan fingerprint density at radius 1 is 1.07 bits per heavy atom. The highest BCUT2D eigenvalue weighted by Crippen LogP contribution is 2.34. The minimum Gasteiger partial charge on any atom is -0.461 e. The number of carbonyl (C=O) groups is 1. The van der Waals surface area contributed by atoms with E-state index in [1.54, 1.807) is 13.0 Å². The van der Waals surface area contributed by atoms with Crippen LogP contribution in [0.1, 0.15) is 44.0 Å². The number of esters is 1. The molecule has 0 unspecified atom stereocenters. The standard InChI is InChI=1S/C23H24Cl2N2O2/c1-5-29-22(28)20-21(15-8-6-9-16(24)12-15)27(18-11-7-10-17(25)13-18)19(26-20)14-23(2,3)4/h6-13H,5,14H2,1-4H3. The highest BCUT2D eigenvalue weighted by Gasteiger charge is 2.28. The molecule has 0 spiro atoms. The maximum atomic E-state index is 12.8. The first kappa shape index (κ1) is 21.4. The van der Waals surface area contributed by atoms with Crippen molar-refractivity contribution in [2.24, 2.45) is 5.41 Å². The molecule has 3 rings (SSSR count). The predicted molar refractivity (Wildman–Crippen MR) is 118 cm³/mol. The first-order valence-electron chi connectivity index (χ1n) is 9.50. The first-order chi connectivity index (χ1) is 13.7. The van der Waals surface area contributed by atoms with E-state index in [9.17, 15) is 4.79 Å². The van der Waals surface area contributed by atoms with Crippen LogP contribution in [0.15, 0.2) is 48.5 Å². The third-order valence-corrected chi connectivity index (χ3v) is 4.74. The van der Waals surface area contributed by atoms with Crippen LogP contribution in [0, 0.1) is 5.41 Å². The molecule has 0 saturated carbocycles. The Bertz CT molecular complexity index is 1040. The van der Waals surface area contributed by atoms with Crippen LogP contribution in [-0.4, -0.2) is 22.1 Å². The molecule has 152 valence electrons. The number of aromatic nitrogens is 2. The van der Waals surface area contributed by atoms with Gasteiger partial charge < -0.3 is 4.74 Å². The molecule has 0 saturated heterocycles. The van der Waals surface area contributed by atoms with Crippen LogP contribution in [-0.2, 0) is 11.2 Å². The van der Waals surface area contributed by atoms with E-state index in [4.69, 9.17) is 32.9 Å². The lowest BCUT2D eigenvalue weighted by atomic mass is 9.92. The molecule has 0 bridgehead atoms. The molecule has 3 aromatic rings. The maximum absolute atomic E-state index is 12.8. The molecule has 2 aromatic carbocycles. The van der Waals surface area contributed by atoms with Crippen molar-refractivity contribution >= 4 is 29.2 Å². The lowest BCUT2D eigenvalue weighted by molar-refractivity contribution is 0.0520. The average molecular weight is 431 g/mol. The van der Waals surface area contributed by atoms with Gasteiger partial charge in [0.15, 0.2) is 5.69 Å². The monoisotopic (exact) mass is 430 g/mol. The Morgan fingerprint density at radius 2 is 1.72 bits per heavy atom. The summed E-state index contributed by atoms with van der Waals surface area (Å²) >= 11 is 12.5. The highest BCUT2D eigenvalue weighted by atomic mass is 35.5. The lowest BCUT2D eigenvalue weighted by Crippen LogP contribution is -2.14. The van der Waals surface area contributed by atoms with Gasteiger partial charge in [0.05, 0.1) is 12.3 Å². The van der Waals surface area contributed by atoms with Crippen LogP contribution in [0.4, 0.5) is 0 Å². The van der Waals surface area contributed by atoms with Gasteiger partial charge >= 0.3 is 5.97 Å². The number of rotatable bonds is 5. The van der Waals surface area contributed by atoms with Crippen LogP contribution in [0.25, 0.3) is 16.9 Å². The smallest absolute Gasteiger partial charge is 0.359 e. The molecule has 0 radical (unpaired) electrons. The average Bonchev–Trinajstić information content (AvgIpc) is 2.99. The number of nitrogens with zero attached hydrogens (tertiary/aromatic N) is 2. The minimum absolute atomic E-state index is 0.0424. The van der Waals surface area contributed by atoms with Crippen LogP contribution in [0.5, 0.6) is 0 Å². The van der Waals surface area contributed by atoms with Gasteiger partial charge in [-0.2, -0.15) is 0 Å². The van der Waals surface area contributed by atoms with Crippen molar-refractivity contribution in [1.29, 1.82) is 0 Å². The van der Waals surface area contributed by atoms with Crippen molar-refractivity contribution in [2.45, 2.75) is 34.1 Å². The van der Waals surface area contributed by atoms with Gasteiger partial charge in [-0.25, -0.2) is 9.78 Å². The molecule has 6 heteroatoms. The van der Waals surface area contributed by atoms with Crippen molar-refractivity contribution in [3.8, 4) is 16.9 Å². The van der Waals surface area contributed by atoms with Crippen molar-refractivity contribution < 1.29 is 9.53 Å². The second-order valence-electron chi connectivity index (χ2n) is 8.01. The number of halogens is 2. The van der Waals surface area contributed by atoms with E-state index in [1.165, 1.54) is 0 Å². The van der Waals surface area contributed by atoms with Crippen molar-refractivity contribution in [1.82, 2.24) is 9.55 Å². The molecule has 0 aliphatic heterocycles.